The smallest absolute Gasteiger partial charge is 0.360 e. The molecule has 0 spiro atoms. The number of hydrogen-bond acceptors (Lipinski definition) is 6. The van der Waals surface area contributed by atoms with Gasteiger partial charge < -0.3 is 15.3 Å². The zero-order valence-electron chi connectivity index (χ0n) is 9.43. The molecule has 1 aromatic rings. The lowest BCUT2D eigenvalue weighted by molar-refractivity contribution is -0.129. The predicted octanol–water partition coefficient (Wildman–Crippen LogP) is 1.36. The number of anilines is 1. The molecule has 0 aliphatic heterocycles. The Kier molecular flexibility index (Phi) is 6.54. The van der Waals surface area contributed by atoms with Gasteiger partial charge in [-0.15, -0.1) is 34.5 Å². The molecular formula is C9H9Cl2N3O4S. The normalized spacial score (nSPS) is 11.2. The second-order valence-electron chi connectivity index (χ2n) is 2.99. The van der Waals surface area contributed by atoms with E-state index in [2.05, 4.69) is 15.5 Å². The van der Waals surface area contributed by atoms with E-state index in [1.54, 1.807) is 0 Å². The van der Waals surface area contributed by atoms with Crippen molar-refractivity contribution in [2.24, 2.45) is 5.16 Å². The van der Waals surface area contributed by atoms with Crippen LogP contribution in [0.25, 0.3) is 0 Å². The van der Waals surface area contributed by atoms with Gasteiger partial charge >= 0.3 is 5.97 Å². The minimum Gasteiger partial charge on any atom is -0.476 e. The Hall–Kier alpha value is -1.38. The van der Waals surface area contributed by atoms with Gasteiger partial charge in [-0.25, -0.2) is 9.78 Å². The SMILES string of the molecule is O=C(CCl)Nc1nc(/C(=N/OCCCl)C(=O)O)cs1. The zero-order chi connectivity index (χ0) is 14.3. The number of nitrogens with one attached hydrogen (secondary N) is 1. The summed E-state index contributed by atoms with van der Waals surface area (Å²) in [6, 6.07) is 0. The lowest BCUT2D eigenvalue weighted by Crippen LogP contribution is -2.17. The summed E-state index contributed by atoms with van der Waals surface area (Å²) in [5, 5.41) is 16.5. The molecule has 0 radical (unpaired) electrons. The van der Waals surface area contributed by atoms with Crippen molar-refractivity contribution >= 4 is 57.3 Å². The van der Waals surface area contributed by atoms with E-state index in [4.69, 9.17) is 33.1 Å². The maximum absolute atomic E-state index is 11.0. The Morgan fingerprint density at radius 3 is 2.84 bits per heavy atom. The fourth-order valence-corrected chi connectivity index (χ4v) is 1.78. The summed E-state index contributed by atoms with van der Waals surface area (Å²) >= 11 is 11.7. The van der Waals surface area contributed by atoms with Crippen LogP contribution in [0.2, 0.25) is 0 Å². The number of carbonyl (C=O) groups excluding carboxylic acids is 1. The molecule has 2 N–H and O–H groups in total. The first-order valence-electron chi connectivity index (χ1n) is 4.89. The molecule has 0 aliphatic rings. The number of carbonyl (C=O) groups is 2. The molecule has 0 bridgehead atoms. The summed E-state index contributed by atoms with van der Waals surface area (Å²) in [4.78, 5) is 30.6. The Morgan fingerprint density at radius 1 is 1.53 bits per heavy atom. The molecule has 1 aromatic heterocycles. The van der Waals surface area contributed by atoms with Crippen LogP contribution in [0.1, 0.15) is 5.69 Å². The number of carboxylic acids is 1. The van der Waals surface area contributed by atoms with Gasteiger partial charge in [-0.1, -0.05) is 5.16 Å². The van der Waals surface area contributed by atoms with Gasteiger partial charge in [-0.2, -0.15) is 0 Å². The minimum absolute atomic E-state index is 0.0805. The van der Waals surface area contributed by atoms with Crippen molar-refractivity contribution in [3.8, 4) is 0 Å². The van der Waals surface area contributed by atoms with Crippen molar-refractivity contribution in [1.82, 2.24) is 4.98 Å². The number of amides is 1. The summed E-state index contributed by atoms with van der Waals surface area (Å²) in [6.45, 7) is 0.0817. The van der Waals surface area contributed by atoms with Crippen LogP contribution in [0.3, 0.4) is 0 Å². The molecule has 104 valence electrons. The van der Waals surface area contributed by atoms with E-state index < -0.39 is 11.9 Å². The van der Waals surface area contributed by atoms with E-state index in [-0.39, 0.29) is 34.9 Å². The van der Waals surface area contributed by atoms with E-state index in [1.165, 1.54) is 5.38 Å². The average Bonchev–Trinajstić information content (AvgIpc) is 2.82. The second kappa shape index (κ2) is 7.93. The van der Waals surface area contributed by atoms with Crippen LogP contribution in [0, 0.1) is 0 Å². The number of aromatic nitrogens is 1. The molecular weight excluding hydrogens is 317 g/mol. The molecule has 19 heavy (non-hydrogen) atoms. The van der Waals surface area contributed by atoms with Crippen molar-refractivity contribution in [3.63, 3.8) is 0 Å². The number of halogens is 2. The van der Waals surface area contributed by atoms with Gasteiger partial charge in [0.15, 0.2) is 5.13 Å². The largest absolute Gasteiger partial charge is 0.476 e. The third-order valence-electron chi connectivity index (χ3n) is 1.64. The van der Waals surface area contributed by atoms with Gasteiger partial charge in [0.25, 0.3) is 0 Å². The molecule has 0 saturated heterocycles. The summed E-state index contributed by atoms with van der Waals surface area (Å²) in [5.41, 5.74) is -0.287. The summed E-state index contributed by atoms with van der Waals surface area (Å²) in [6.07, 6.45) is 0. The first-order chi connectivity index (χ1) is 9.08. The molecule has 0 atom stereocenters. The topological polar surface area (TPSA) is 101 Å². The average molecular weight is 326 g/mol. The molecule has 7 nitrogen and oxygen atoms in total. The summed E-state index contributed by atoms with van der Waals surface area (Å²) in [7, 11) is 0. The molecule has 1 rings (SSSR count). The van der Waals surface area contributed by atoms with E-state index in [0.29, 0.717) is 0 Å². The van der Waals surface area contributed by atoms with E-state index >= 15 is 0 Å². The maximum atomic E-state index is 11.0. The Balaban J connectivity index is 2.83. The van der Waals surface area contributed by atoms with Crippen LogP contribution in [-0.2, 0) is 14.4 Å². The van der Waals surface area contributed by atoms with Crippen LogP contribution in [0.15, 0.2) is 10.5 Å². The van der Waals surface area contributed by atoms with E-state index in [9.17, 15) is 9.59 Å². The van der Waals surface area contributed by atoms with Gasteiger partial charge in [-0.3, -0.25) is 4.79 Å². The number of rotatable bonds is 7. The van der Waals surface area contributed by atoms with Crippen LogP contribution >= 0.6 is 34.5 Å². The standard InChI is InChI=1S/C9H9Cl2N3O4S/c10-1-2-18-14-7(8(16)17)5-4-19-9(12-5)13-6(15)3-11/h4H,1-3H2,(H,16,17)(H,12,13,15)/b14-7-. The van der Waals surface area contributed by atoms with Crippen molar-refractivity contribution < 1.29 is 19.5 Å². The molecule has 0 aromatic carbocycles. The van der Waals surface area contributed by atoms with Crippen LogP contribution in [0.5, 0.6) is 0 Å². The van der Waals surface area contributed by atoms with Crippen LogP contribution < -0.4 is 5.32 Å². The van der Waals surface area contributed by atoms with Gasteiger partial charge in [0, 0.05) is 5.38 Å². The number of alkyl halides is 2. The predicted molar refractivity (Wildman–Crippen MR) is 72.3 cm³/mol. The lowest BCUT2D eigenvalue weighted by atomic mass is 10.3. The molecule has 10 heteroatoms. The molecule has 1 heterocycles. The minimum atomic E-state index is -1.30. The Labute approximate surface area is 122 Å². The first-order valence-corrected chi connectivity index (χ1v) is 6.84. The summed E-state index contributed by atoms with van der Waals surface area (Å²) in [5.74, 6) is -1.76. The van der Waals surface area contributed by atoms with E-state index in [1.807, 2.05) is 0 Å². The second-order valence-corrected chi connectivity index (χ2v) is 4.49. The fraction of sp³-hybridized carbons (Fsp3) is 0.333. The first kappa shape index (κ1) is 15.7. The molecule has 0 aliphatic carbocycles. The van der Waals surface area contributed by atoms with Crippen molar-refractivity contribution in [2.45, 2.75) is 0 Å². The molecule has 0 fully saturated rings. The van der Waals surface area contributed by atoms with Crippen molar-refractivity contribution in [3.05, 3.63) is 11.1 Å². The van der Waals surface area contributed by atoms with Crippen molar-refractivity contribution in [2.75, 3.05) is 23.7 Å². The highest BCUT2D eigenvalue weighted by Crippen LogP contribution is 2.16. The third kappa shape index (κ3) is 5.01. The highest BCUT2D eigenvalue weighted by Gasteiger charge is 2.18. The number of carboxylic acid groups (broad SMARTS) is 1. The maximum Gasteiger partial charge on any atom is 0.360 e. The zero-order valence-corrected chi connectivity index (χ0v) is 11.8. The Morgan fingerprint density at radius 2 is 2.26 bits per heavy atom. The Bertz CT molecular complexity index is 492. The molecule has 1 amide bonds. The third-order valence-corrected chi connectivity index (χ3v) is 2.80. The number of oxime groups is 1. The van der Waals surface area contributed by atoms with Crippen LogP contribution in [-0.4, -0.2) is 46.0 Å². The highest BCUT2D eigenvalue weighted by molar-refractivity contribution is 7.14. The number of hydrogen-bond donors (Lipinski definition) is 2. The highest BCUT2D eigenvalue weighted by atomic mass is 35.5. The summed E-state index contributed by atoms with van der Waals surface area (Å²) < 4.78 is 0. The van der Waals surface area contributed by atoms with Crippen molar-refractivity contribution in [1.29, 1.82) is 0 Å². The van der Waals surface area contributed by atoms with Gasteiger partial charge in [-0.05, 0) is 0 Å². The fourth-order valence-electron chi connectivity index (χ4n) is 0.933. The molecule has 0 unspecified atom stereocenters. The van der Waals surface area contributed by atoms with Gasteiger partial charge in [0.1, 0.15) is 18.2 Å². The number of nitrogens with zero attached hydrogens (tertiary/aromatic N) is 2. The number of thiazole rings is 1. The monoisotopic (exact) mass is 325 g/mol. The molecule has 0 saturated carbocycles. The van der Waals surface area contributed by atoms with E-state index in [0.717, 1.165) is 11.3 Å². The lowest BCUT2D eigenvalue weighted by Gasteiger charge is -1.98. The quantitative estimate of drug-likeness (QED) is 0.341. The van der Waals surface area contributed by atoms with Gasteiger partial charge in [0.2, 0.25) is 11.6 Å². The van der Waals surface area contributed by atoms with Crippen LogP contribution in [0.4, 0.5) is 5.13 Å². The van der Waals surface area contributed by atoms with Gasteiger partial charge in [0.05, 0.1) is 5.88 Å². The number of aliphatic carboxylic acids is 1.